The summed E-state index contributed by atoms with van der Waals surface area (Å²) in [7, 11) is 0. The number of pyridine rings is 1. The minimum atomic E-state index is 0.163. The molecule has 1 N–H and O–H groups in total. The molecule has 0 saturated heterocycles. The second-order valence-corrected chi connectivity index (χ2v) is 3.44. The van der Waals surface area contributed by atoms with E-state index in [0.717, 1.165) is 11.5 Å². The number of hydrogen-bond acceptors (Lipinski definition) is 3. The molecule has 2 rings (SSSR count). The molecule has 0 saturated carbocycles. The summed E-state index contributed by atoms with van der Waals surface area (Å²) in [5, 5.41) is 13.5. The monoisotopic (exact) mass is 211 g/mol. The minimum absolute atomic E-state index is 0.163. The Bertz CT molecular complexity index is 441. The Kier molecular flexibility index (Phi) is 2.65. The molecule has 2 aromatic heterocycles. The maximum absolute atomic E-state index is 8.66. The van der Waals surface area contributed by atoms with Gasteiger partial charge >= 0.3 is 0 Å². The van der Waals surface area contributed by atoms with Crippen LogP contribution < -0.4 is 0 Å². The highest BCUT2D eigenvalue weighted by Gasteiger charge is 2.02. The molecule has 0 atom stereocenters. The van der Waals surface area contributed by atoms with Crippen molar-refractivity contribution in [1.29, 1.82) is 0 Å². The standard InChI is InChI=1S/C9H10ClN3O/c10-7-3-4-13-9(6-7)11-8(12-13)2-1-5-14/h3-4,6,14H,1-2,5H2. The maximum atomic E-state index is 8.66. The van der Waals surface area contributed by atoms with Crippen molar-refractivity contribution in [3.8, 4) is 0 Å². The van der Waals surface area contributed by atoms with E-state index >= 15 is 0 Å². The molecule has 74 valence electrons. The molecular weight excluding hydrogens is 202 g/mol. The van der Waals surface area contributed by atoms with Gasteiger partial charge in [-0.05, 0) is 12.5 Å². The highest BCUT2D eigenvalue weighted by molar-refractivity contribution is 6.30. The van der Waals surface area contributed by atoms with Gasteiger partial charge in [-0.25, -0.2) is 9.50 Å². The molecule has 0 aromatic carbocycles. The number of aliphatic hydroxyl groups excluding tert-OH is 1. The van der Waals surface area contributed by atoms with Crippen LogP contribution in [0, 0.1) is 0 Å². The Morgan fingerprint density at radius 1 is 1.50 bits per heavy atom. The van der Waals surface area contributed by atoms with Crippen LogP contribution in [0.5, 0.6) is 0 Å². The maximum Gasteiger partial charge on any atom is 0.157 e. The van der Waals surface area contributed by atoms with E-state index in [-0.39, 0.29) is 6.61 Å². The molecule has 0 unspecified atom stereocenters. The van der Waals surface area contributed by atoms with Crippen molar-refractivity contribution >= 4 is 17.2 Å². The van der Waals surface area contributed by atoms with Crippen molar-refractivity contribution in [1.82, 2.24) is 14.6 Å². The van der Waals surface area contributed by atoms with Crippen molar-refractivity contribution in [2.45, 2.75) is 12.8 Å². The molecule has 0 amide bonds. The summed E-state index contributed by atoms with van der Waals surface area (Å²) in [4.78, 5) is 4.27. The second-order valence-electron chi connectivity index (χ2n) is 3.00. The highest BCUT2D eigenvalue weighted by atomic mass is 35.5. The summed E-state index contributed by atoms with van der Waals surface area (Å²) >= 11 is 5.81. The minimum Gasteiger partial charge on any atom is -0.396 e. The third kappa shape index (κ3) is 1.86. The molecule has 2 heterocycles. The number of aromatic nitrogens is 3. The summed E-state index contributed by atoms with van der Waals surface area (Å²) in [5.74, 6) is 0.737. The number of aryl methyl sites for hydroxylation is 1. The SMILES string of the molecule is OCCCc1nc2cc(Cl)ccn2n1. The number of nitrogens with zero attached hydrogens (tertiary/aromatic N) is 3. The molecular formula is C9H10ClN3O. The predicted octanol–water partition coefficient (Wildman–Crippen LogP) is 1.31. The molecule has 4 nitrogen and oxygen atoms in total. The lowest BCUT2D eigenvalue weighted by atomic mass is 10.3. The zero-order valence-electron chi connectivity index (χ0n) is 7.52. The Hall–Kier alpha value is -1.13. The lowest BCUT2D eigenvalue weighted by molar-refractivity contribution is 0.287. The first-order valence-electron chi connectivity index (χ1n) is 4.41. The van der Waals surface area contributed by atoms with Crippen LogP contribution in [0.15, 0.2) is 18.3 Å². The highest BCUT2D eigenvalue weighted by Crippen LogP contribution is 2.10. The van der Waals surface area contributed by atoms with Gasteiger partial charge in [0.1, 0.15) is 0 Å². The fourth-order valence-corrected chi connectivity index (χ4v) is 1.40. The van der Waals surface area contributed by atoms with E-state index in [0.29, 0.717) is 17.9 Å². The zero-order chi connectivity index (χ0) is 9.97. The molecule has 0 fully saturated rings. The van der Waals surface area contributed by atoms with E-state index in [4.69, 9.17) is 16.7 Å². The third-order valence-electron chi connectivity index (χ3n) is 1.90. The molecule has 0 aliphatic heterocycles. The molecule has 14 heavy (non-hydrogen) atoms. The number of aliphatic hydroxyl groups is 1. The van der Waals surface area contributed by atoms with Crippen LogP contribution in [-0.4, -0.2) is 26.3 Å². The number of halogens is 1. The smallest absolute Gasteiger partial charge is 0.157 e. The van der Waals surface area contributed by atoms with E-state index in [1.54, 1.807) is 22.8 Å². The summed E-state index contributed by atoms with van der Waals surface area (Å²) in [6.07, 6.45) is 3.15. The summed E-state index contributed by atoms with van der Waals surface area (Å²) in [6.45, 7) is 0.163. The van der Waals surface area contributed by atoms with Gasteiger partial charge in [0.15, 0.2) is 11.5 Å². The van der Waals surface area contributed by atoms with E-state index in [1.165, 1.54) is 0 Å². The largest absolute Gasteiger partial charge is 0.396 e. The zero-order valence-corrected chi connectivity index (χ0v) is 8.28. The number of rotatable bonds is 3. The fraction of sp³-hybridized carbons (Fsp3) is 0.333. The van der Waals surface area contributed by atoms with Gasteiger partial charge in [0.2, 0.25) is 0 Å². The van der Waals surface area contributed by atoms with E-state index in [9.17, 15) is 0 Å². The number of hydrogen-bond donors (Lipinski definition) is 1. The fourth-order valence-electron chi connectivity index (χ4n) is 1.25. The molecule has 0 spiro atoms. The summed E-state index contributed by atoms with van der Waals surface area (Å²) in [6, 6.07) is 3.52. The normalized spacial score (nSPS) is 11.0. The lowest BCUT2D eigenvalue weighted by Gasteiger charge is -1.89. The van der Waals surface area contributed by atoms with Crippen molar-refractivity contribution in [3.05, 3.63) is 29.2 Å². The van der Waals surface area contributed by atoms with Crippen molar-refractivity contribution < 1.29 is 5.11 Å². The lowest BCUT2D eigenvalue weighted by Crippen LogP contribution is -1.92. The molecule has 0 bridgehead atoms. The first kappa shape index (κ1) is 9.43. The Balaban J connectivity index is 2.32. The van der Waals surface area contributed by atoms with Crippen LogP contribution in [-0.2, 0) is 6.42 Å². The van der Waals surface area contributed by atoms with Gasteiger partial charge in [0.25, 0.3) is 0 Å². The van der Waals surface area contributed by atoms with Crippen LogP contribution in [0.2, 0.25) is 5.02 Å². The van der Waals surface area contributed by atoms with E-state index in [2.05, 4.69) is 10.1 Å². The van der Waals surface area contributed by atoms with Crippen molar-refractivity contribution in [2.24, 2.45) is 0 Å². The molecule has 0 aliphatic carbocycles. The average Bonchev–Trinajstić information content (AvgIpc) is 2.56. The van der Waals surface area contributed by atoms with Gasteiger partial charge in [0.05, 0.1) is 0 Å². The van der Waals surface area contributed by atoms with Gasteiger partial charge in [-0.1, -0.05) is 11.6 Å². The Morgan fingerprint density at radius 3 is 3.14 bits per heavy atom. The van der Waals surface area contributed by atoms with Crippen LogP contribution in [0.4, 0.5) is 0 Å². The van der Waals surface area contributed by atoms with Gasteiger partial charge in [0, 0.05) is 30.3 Å². The third-order valence-corrected chi connectivity index (χ3v) is 2.14. The van der Waals surface area contributed by atoms with Gasteiger partial charge in [-0.15, -0.1) is 0 Å². The Labute approximate surface area is 86.1 Å². The van der Waals surface area contributed by atoms with Crippen molar-refractivity contribution in [3.63, 3.8) is 0 Å². The van der Waals surface area contributed by atoms with Gasteiger partial charge in [-0.2, -0.15) is 5.10 Å². The molecule has 0 radical (unpaired) electrons. The number of fused-ring (bicyclic) bond motifs is 1. The van der Waals surface area contributed by atoms with Crippen LogP contribution >= 0.6 is 11.6 Å². The van der Waals surface area contributed by atoms with Crippen LogP contribution in [0.25, 0.3) is 5.65 Å². The first-order chi connectivity index (χ1) is 6.79. The van der Waals surface area contributed by atoms with E-state index in [1.807, 2.05) is 0 Å². The summed E-state index contributed by atoms with van der Waals surface area (Å²) in [5.41, 5.74) is 0.741. The van der Waals surface area contributed by atoms with Crippen LogP contribution in [0.1, 0.15) is 12.2 Å². The van der Waals surface area contributed by atoms with Gasteiger partial charge < -0.3 is 5.11 Å². The van der Waals surface area contributed by atoms with Crippen molar-refractivity contribution in [2.75, 3.05) is 6.61 Å². The van der Waals surface area contributed by atoms with E-state index < -0.39 is 0 Å². The molecule has 5 heteroatoms. The molecule has 2 aromatic rings. The second kappa shape index (κ2) is 3.94. The average molecular weight is 212 g/mol. The quantitative estimate of drug-likeness (QED) is 0.833. The molecule has 0 aliphatic rings. The predicted molar refractivity (Wildman–Crippen MR) is 53.4 cm³/mol. The Morgan fingerprint density at radius 2 is 2.36 bits per heavy atom. The topological polar surface area (TPSA) is 50.4 Å². The first-order valence-corrected chi connectivity index (χ1v) is 4.79. The van der Waals surface area contributed by atoms with Crippen LogP contribution in [0.3, 0.4) is 0 Å². The summed E-state index contributed by atoms with van der Waals surface area (Å²) < 4.78 is 1.68. The van der Waals surface area contributed by atoms with Gasteiger partial charge in [-0.3, -0.25) is 0 Å².